The number of aromatic nitrogens is 2. The fourth-order valence-corrected chi connectivity index (χ4v) is 1.75. The largest absolute Gasteiger partial charge is 0.383 e. The minimum absolute atomic E-state index is 0.262. The normalized spacial score (nSPS) is 10.4. The highest BCUT2D eigenvalue weighted by Crippen LogP contribution is 2.27. The molecule has 0 saturated carbocycles. The minimum Gasteiger partial charge on any atom is -0.383 e. The lowest BCUT2D eigenvalue weighted by atomic mass is 10.2. The Hall–Kier alpha value is -2.17. The molecule has 1 aromatic carbocycles. The topological polar surface area (TPSA) is 55.0 Å². The molecule has 1 heterocycles. The van der Waals surface area contributed by atoms with E-state index in [2.05, 4.69) is 9.97 Å². The van der Waals surface area contributed by atoms with Crippen LogP contribution < -0.4 is 10.6 Å². The molecule has 0 spiro atoms. The third-order valence-corrected chi connectivity index (χ3v) is 2.80. The first kappa shape index (κ1) is 12.3. The number of hydrogen-bond donors (Lipinski definition) is 1. The van der Waals surface area contributed by atoms with E-state index in [1.807, 2.05) is 18.9 Å². The zero-order valence-corrected chi connectivity index (χ0v) is 10.6. The number of halogens is 1. The molecule has 0 bridgehead atoms. The van der Waals surface area contributed by atoms with Crippen molar-refractivity contribution in [3.8, 4) is 0 Å². The highest BCUT2D eigenvalue weighted by Gasteiger charge is 2.12. The predicted octanol–water partition coefficient (Wildman–Crippen LogP) is 2.58. The fraction of sp³-hybridized carbons (Fsp3) is 0.231. The van der Waals surface area contributed by atoms with E-state index in [-0.39, 0.29) is 5.82 Å². The van der Waals surface area contributed by atoms with Gasteiger partial charge in [0.2, 0.25) is 0 Å². The summed E-state index contributed by atoms with van der Waals surface area (Å²) in [5.74, 6) is 1.54. The molecule has 1 aromatic heterocycles. The molecule has 0 unspecified atom stereocenters. The molecule has 0 atom stereocenters. The van der Waals surface area contributed by atoms with Crippen molar-refractivity contribution in [3.63, 3.8) is 0 Å². The van der Waals surface area contributed by atoms with E-state index >= 15 is 0 Å². The molecule has 0 radical (unpaired) electrons. The van der Waals surface area contributed by atoms with Gasteiger partial charge in [0.05, 0.1) is 0 Å². The maximum atomic E-state index is 12.9. The highest BCUT2D eigenvalue weighted by molar-refractivity contribution is 5.65. The van der Waals surface area contributed by atoms with Crippen molar-refractivity contribution >= 4 is 17.3 Å². The molecule has 94 valence electrons. The lowest BCUT2D eigenvalue weighted by Gasteiger charge is -2.21. The van der Waals surface area contributed by atoms with Gasteiger partial charge in [-0.3, -0.25) is 0 Å². The zero-order valence-electron chi connectivity index (χ0n) is 10.6. The SMILES string of the molecule is Cc1nc(N)c(C)c(N(C)c2ccc(F)cc2)n1. The van der Waals surface area contributed by atoms with Crippen molar-refractivity contribution in [3.05, 3.63) is 41.5 Å². The Morgan fingerprint density at radius 3 is 2.33 bits per heavy atom. The first-order valence-corrected chi connectivity index (χ1v) is 5.59. The predicted molar refractivity (Wildman–Crippen MR) is 70.4 cm³/mol. The van der Waals surface area contributed by atoms with E-state index in [9.17, 15) is 4.39 Å². The Labute approximate surface area is 105 Å². The van der Waals surface area contributed by atoms with Crippen molar-refractivity contribution in [2.45, 2.75) is 13.8 Å². The second-order valence-corrected chi connectivity index (χ2v) is 4.14. The van der Waals surface area contributed by atoms with Gasteiger partial charge in [-0.2, -0.15) is 0 Å². The molecule has 4 nitrogen and oxygen atoms in total. The van der Waals surface area contributed by atoms with Crippen molar-refractivity contribution in [2.75, 3.05) is 17.7 Å². The number of rotatable bonds is 2. The third-order valence-electron chi connectivity index (χ3n) is 2.80. The van der Waals surface area contributed by atoms with Gasteiger partial charge in [-0.05, 0) is 38.1 Å². The standard InChI is InChI=1S/C13H15FN4/c1-8-12(15)16-9(2)17-13(8)18(3)11-6-4-10(14)5-7-11/h4-7H,1-3H3,(H2,15,16,17). The summed E-state index contributed by atoms with van der Waals surface area (Å²) in [5.41, 5.74) is 7.48. The van der Waals surface area contributed by atoms with Crippen LogP contribution in [0.5, 0.6) is 0 Å². The van der Waals surface area contributed by atoms with Gasteiger partial charge < -0.3 is 10.6 Å². The second kappa shape index (κ2) is 4.60. The number of nitrogen functional groups attached to an aromatic ring is 1. The molecule has 2 aromatic rings. The second-order valence-electron chi connectivity index (χ2n) is 4.14. The lowest BCUT2D eigenvalue weighted by molar-refractivity contribution is 0.628. The van der Waals surface area contributed by atoms with Crippen LogP contribution in [0, 0.1) is 19.7 Å². The van der Waals surface area contributed by atoms with Crippen molar-refractivity contribution < 1.29 is 4.39 Å². The van der Waals surface area contributed by atoms with Gasteiger partial charge in [0.1, 0.15) is 23.3 Å². The van der Waals surface area contributed by atoms with Crippen LogP contribution in [0.3, 0.4) is 0 Å². The molecule has 0 aliphatic heterocycles. The first-order valence-electron chi connectivity index (χ1n) is 5.59. The van der Waals surface area contributed by atoms with Gasteiger partial charge in [-0.1, -0.05) is 0 Å². The molecule has 0 amide bonds. The molecular formula is C13H15FN4. The summed E-state index contributed by atoms with van der Waals surface area (Å²) in [7, 11) is 1.86. The van der Waals surface area contributed by atoms with Gasteiger partial charge in [0.25, 0.3) is 0 Å². The van der Waals surface area contributed by atoms with Crippen LogP contribution in [-0.2, 0) is 0 Å². The third kappa shape index (κ3) is 2.25. The smallest absolute Gasteiger partial charge is 0.141 e. The highest BCUT2D eigenvalue weighted by atomic mass is 19.1. The minimum atomic E-state index is -0.262. The Kier molecular flexibility index (Phi) is 3.14. The maximum Gasteiger partial charge on any atom is 0.141 e. The first-order chi connectivity index (χ1) is 8.49. The maximum absolute atomic E-state index is 12.9. The number of anilines is 3. The van der Waals surface area contributed by atoms with Gasteiger partial charge in [-0.15, -0.1) is 0 Å². The van der Waals surface area contributed by atoms with Crippen molar-refractivity contribution in [2.24, 2.45) is 0 Å². The Bertz CT molecular complexity index is 566. The average molecular weight is 246 g/mol. The summed E-state index contributed by atoms with van der Waals surface area (Å²) in [4.78, 5) is 10.3. The molecule has 2 N–H and O–H groups in total. The molecule has 0 saturated heterocycles. The number of hydrogen-bond acceptors (Lipinski definition) is 4. The van der Waals surface area contributed by atoms with Crippen LogP contribution in [0.15, 0.2) is 24.3 Å². The number of benzene rings is 1. The summed E-state index contributed by atoms with van der Waals surface area (Å²) in [5, 5.41) is 0. The molecule has 0 fully saturated rings. The Morgan fingerprint density at radius 1 is 1.11 bits per heavy atom. The Balaban J connectivity index is 2.45. The summed E-state index contributed by atoms with van der Waals surface area (Å²) in [6.07, 6.45) is 0. The van der Waals surface area contributed by atoms with Gasteiger partial charge in [-0.25, -0.2) is 14.4 Å². The molecule has 0 aliphatic rings. The number of nitrogens with two attached hydrogens (primary N) is 1. The van der Waals surface area contributed by atoms with Crippen LogP contribution in [0.25, 0.3) is 0 Å². The summed E-state index contributed by atoms with van der Waals surface area (Å²) < 4.78 is 12.9. The molecule has 2 rings (SSSR count). The van der Waals surface area contributed by atoms with Crippen LogP contribution in [0.4, 0.5) is 21.7 Å². The Morgan fingerprint density at radius 2 is 1.72 bits per heavy atom. The van der Waals surface area contributed by atoms with Crippen molar-refractivity contribution in [1.82, 2.24) is 9.97 Å². The number of aryl methyl sites for hydroxylation is 1. The molecule has 18 heavy (non-hydrogen) atoms. The summed E-state index contributed by atoms with van der Waals surface area (Å²) in [6, 6.07) is 6.22. The number of nitrogens with zero attached hydrogens (tertiary/aromatic N) is 3. The lowest BCUT2D eigenvalue weighted by Crippen LogP contribution is -2.15. The summed E-state index contributed by atoms with van der Waals surface area (Å²) in [6.45, 7) is 3.65. The summed E-state index contributed by atoms with van der Waals surface area (Å²) >= 11 is 0. The monoisotopic (exact) mass is 246 g/mol. The zero-order chi connectivity index (χ0) is 13.3. The quantitative estimate of drug-likeness (QED) is 0.884. The molecule has 5 heteroatoms. The van der Waals surface area contributed by atoms with E-state index in [4.69, 9.17) is 5.73 Å². The van der Waals surface area contributed by atoms with Crippen LogP contribution in [0.1, 0.15) is 11.4 Å². The fourth-order valence-electron chi connectivity index (χ4n) is 1.75. The van der Waals surface area contributed by atoms with Crippen molar-refractivity contribution in [1.29, 1.82) is 0 Å². The van der Waals surface area contributed by atoms with Crippen LogP contribution >= 0.6 is 0 Å². The van der Waals surface area contributed by atoms with E-state index < -0.39 is 0 Å². The van der Waals surface area contributed by atoms with Gasteiger partial charge in [0, 0.05) is 18.3 Å². The van der Waals surface area contributed by atoms with E-state index in [0.717, 1.165) is 17.1 Å². The molecular weight excluding hydrogens is 231 g/mol. The van der Waals surface area contributed by atoms with E-state index in [1.54, 1.807) is 19.1 Å². The van der Waals surface area contributed by atoms with E-state index in [0.29, 0.717) is 11.6 Å². The van der Waals surface area contributed by atoms with Gasteiger partial charge in [0.15, 0.2) is 0 Å². The van der Waals surface area contributed by atoms with Crippen LogP contribution in [-0.4, -0.2) is 17.0 Å². The molecule has 0 aliphatic carbocycles. The van der Waals surface area contributed by atoms with Gasteiger partial charge >= 0.3 is 0 Å². The average Bonchev–Trinajstić information content (AvgIpc) is 2.34. The van der Waals surface area contributed by atoms with E-state index in [1.165, 1.54) is 12.1 Å². The van der Waals surface area contributed by atoms with Crippen LogP contribution in [0.2, 0.25) is 0 Å².